The molecule has 0 radical (unpaired) electrons. The van der Waals surface area contributed by atoms with Crippen molar-refractivity contribution in [2.75, 3.05) is 18.1 Å². The van der Waals surface area contributed by atoms with E-state index in [2.05, 4.69) is 5.16 Å². The van der Waals surface area contributed by atoms with Gasteiger partial charge in [-0.05, 0) is 79.6 Å². The highest BCUT2D eigenvalue weighted by molar-refractivity contribution is 7.99. The lowest BCUT2D eigenvalue weighted by atomic mass is 9.76. The summed E-state index contributed by atoms with van der Waals surface area (Å²) < 4.78 is 13.0. The van der Waals surface area contributed by atoms with Crippen LogP contribution in [0.2, 0.25) is 0 Å². The van der Waals surface area contributed by atoms with Gasteiger partial charge in [-0.2, -0.15) is 11.8 Å². The largest absolute Gasteiger partial charge is 0.511 e. The molecule has 1 aromatic carbocycles. The summed E-state index contributed by atoms with van der Waals surface area (Å²) in [6, 6.07) is 6.56. The molecule has 6 heteroatoms. The van der Waals surface area contributed by atoms with Crippen molar-refractivity contribution in [3.63, 3.8) is 0 Å². The monoisotopic (exact) mass is 447 g/mol. The predicted octanol–water partition coefficient (Wildman–Crippen LogP) is 6.26. The third-order valence-electron chi connectivity index (χ3n) is 6.15. The number of carbonyl (C=O) groups is 1. The number of unbranched alkanes of at least 4 members (excludes halogenated alkanes) is 1. The van der Waals surface area contributed by atoms with E-state index in [9.17, 15) is 14.3 Å². The van der Waals surface area contributed by atoms with E-state index >= 15 is 0 Å². The summed E-state index contributed by atoms with van der Waals surface area (Å²) in [5.41, 5.74) is 2.08. The van der Waals surface area contributed by atoms with Gasteiger partial charge in [0.1, 0.15) is 18.2 Å². The van der Waals surface area contributed by atoms with Gasteiger partial charge in [0, 0.05) is 12.8 Å². The molecule has 1 fully saturated rings. The van der Waals surface area contributed by atoms with Gasteiger partial charge in [0.2, 0.25) is 0 Å². The smallest absolute Gasteiger partial charge is 0.168 e. The molecule has 1 aromatic rings. The van der Waals surface area contributed by atoms with Gasteiger partial charge >= 0.3 is 0 Å². The van der Waals surface area contributed by atoms with Crippen molar-refractivity contribution < 1.29 is 19.1 Å². The zero-order chi connectivity index (χ0) is 22.1. The maximum atomic E-state index is 13.0. The first kappa shape index (κ1) is 23.8. The van der Waals surface area contributed by atoms with Gasteiger partial charge in [0.25, 0.3) is 0 Å². The molecule has 1 heterocycles. The molecule has 2 unspecified atom stereocenters. The Morgan fingerprint density at radius 2 is 2.03 bits per heavy atom. The van der Waals surface area contributed by atoms with E-state index in [-0.39, 0.29) is 23.3 Å². The second kappa shape index (κ2) is 12.3. The molecule has 1 aliphatic carbocycles. The average molecular weight is 448 g/mol. The van der Waals surface area contributed by atoms with E-state index in [1.54, 1.807) is 12.1 Å². The number of Topliss-reactive ketones (excluding diaryl/α,β-unsaturated/α-hetero) is 1. The number of hydrogen-bond donors (Lipinski definition) is 1. The normalized spacial score (nSPS) is 22.6. The molecular weight excluding hydrogens is 413 g/mol. The Labute approximate surface area is 189 Å². The summed E-state index contributed by atoms with van der Waals surface area (Å²) in [6.07, 6.45) is 7.49. The lowest BCUT2D eigenvalue weighted by molar-refractivity contribution is -0.117. The molecule has 2 aliphatic rings. The summed E-state index contributed by atoms with van der Waals surface area (Å²) in [7, 11) is 0. The van der Waals surface area contributed by atoms with Crippen LogP contribution in [0.4, 0.5) is 4.39 Å². The first-order chi connectivity index (χ1) is 15.1. The first-order valence-corrected chi connectivity index (χ1v) is 12.7. The summed E-state index contributed by atoms with van der Waals surface area (Å²) in [6.45, 7) is 2.49. The van der Waals surface area contributed by atoms with Crippen molar-refractivity contribution in [3.8, 4) is 0 Å². The van der Waals surface area contributed by atoms with Crippen LogP contribution in [0.3, 0.4) is 0 Å². The highest BCUT2D eigenvalue weighted by atomic mass is 32.2. The summed E-state index contributed by atoms with van der Waals surface area (Å²) in [5.74, 6) is 3.06. The van der Waals surface area contributed by atoms with Gasteiger partial charge in [0.15, 0.2) is 5.78 Å². The number of aliphatic hydroxyl groups excluding tert-OH is 1. The number of allylic oxidation sites excluding steroid dienone is 2. The minimum absolute atomic E-state index is 0.0106. The molecular formula is C25H34FNO3S. The van der Waals surface area contributed by atoms with E-state index in [0.717, 1.165) is 43.4 Å². The van der Waals surface area contributed by atoms with Crippen LogP contribution >= 0.6 is 11.8 Å². The Kier molecular flexibility index (Phi) is 9.44. The molecule has 1 aliphatic heterocycles. The standard InChI is InChI=1S/C25H34FNO3S/c1-2-6-22(27-30-13-4-3-7-18-9-11-21(26)12-10-18)25-23(28)15-20(16-24(25)29)19-8-5-14-31-17-19/h9-12,19-20,28H,2-8,13-17H2,1H3. The quantitative estimate of drug-likeness (QED) is 0.261. The molecule has 170 valence electrons. The molecule has 0 amide bonds. The number of hydrogen-bond acceptors (Lipinski definition) is 5. The zero-order valence-corrected chi connectivity index (χ0v) is 19.3. The first-order valence-electron chi connectivity index (χ1n) is 11.5. The minimum Gasteiger partial charge on any atom is -0.511 e. The zero-order valence-electron chi connectivity index (χ0n) is 18.4. The fourth-order valence-electron chi connectivity index (χ4n) is 4.45. The number of carbonyl (C=O) groups excluding carboxylic acids is 1. The molecule has 0 saturated carbocycles. The fourth-order valence-corrected chi connectivity index (χ4v) is 5.72. The summed E-state index contributed by atoms with van der Waals surface area (Å²) in [5, 5.41) is 15.0. The summed E-state index contributed by atoms with van der Waals surface area (Å²) >= 11 is 1.96. The van der Waals surface area contributed by atoms with Crippen LogP contribution in [0.15, 0.2) is 40.8 Å². The Morgan fingerprint density at radius 1 is 1.23 bits per heavy atom. The van der Waals surface area contributed by atoms with Crippen molar-refractivity contribution in [3.05, 3.63) is 47.0 Å². The van der Waals surface area contributed by atoms with Crippen molar-refractivity contribution in [2.45, 2.75) is 64.7 Å². The second-order valence-electron chi connectivity index (χ2n) is 8.60. The van der Waals surface area contributed by atoms with Gasteiger partial charge < -0.3 is 9.94 Å². The van der Waals surface area contributed by atoms with E-state index in [4.69, 9.17) is 4.84 Å². The van der Waals surface area contributed by atoms with Crippen LogP contribution in [-0.2, 0) is 16.1 Å². The predicted molar refractivity (Wildman–Crippen MR) is 125 cm³/mol. The number of nitrogens with zero attached hydrogens (tertiary/aromatic N) is 1. The van der Waals surface area contributed by atoms with E-state index in [1.165, 1.54) is 24.3 Å². The van der Waals surface area contributed by atoms with Gasteiger partial charge in [0.05, 0.1) is 11.3 Å². The van der Waals surface area contributed by atoms with Gasteiger partial charge in [-0.15, -0.1) is 0 Å². The van der Waals surface area contributed by atoms with Crippen LogP contribution < -0.4 is 0 Å². The van der Waals surface area contributed by atoms with Crippen molar-refractivity contribution in [2.24, 2.45) is 17.0 Å². The Morgan fingerprint density at radius 3 is 2.71 bits per heavy atom. The van der Waals surface area contributed by atoms with Crippen LogP contribution in [0.5, 0.6) is 0 Å². The van der Waals surface area contributed by atoms with Crippen LogP contribution in [0.1, 0.15) is 63.9 Å². The number of aryl methyl sites for hydroxylation is 1. The molecule has 3 rings (SSSR count). The highest BCUT2D eigenvalue weighted by Crippen LogP contribution is 2.38. The molecule has 0 spiro atoms. The molecule has 0 bridgehead atoms. The maximum absolute atomic E-state index is 13.0. The number of benzene rings is 1. The number of ketones is 1. The van der Waals surface area contributed by atoms with Crippen molar-refractivity contribution >= 4 is 23.3 Å². The Hall–Kier alpha value is -1.82. The van der Waals surface area contributed by atoms with Crippen LogP contribution in [0.25, 0.3) is 0 Å². The third-order valence-corrected chi connectivity index (χ3v) is 7.39. The summed E-state index contributed by atoms with van der Waals surface area (Å²) in [4.78, 5) is 18.4. The lowest BCUT2D eigenvalue weighted by Crippen LogP contribution is -2.30. The number of oxime groups is 1. The number of aliphatic hydroxyl groups is 1. The topological polar surface area (TPSA) is 58.9 Å². The van der Waals surface area contributed by atoms with Gasteiger partial charge in [-0.3, -0.25) is 4.79 Å². The van der Waals surface area contributed by atoms with Crippen molar-refractivity contribution in [1.29, 1.82) is 0 Å². The highest BCUT2D eigenvalue weighted by Gasteiger charge is 2.35. The van der Waals surface area contributed by atoms with Gasteiger partial charge in [-0.25, -0.2) is 4.39 Å². The maximum Gasteiger partial charge on any atom is 0.168 e. The Balaban J connectivity index is 1.52. The number of rotatable bonds is 10. The van der Waals surface area contributed by atoms with Gasteiger partial charge in [-0.1, -0.05) is 30.6 Å². The number of thioether (sulfide) groups is 1. The SMILES string of the molecule is CCCC(=NOCCCCc1ccc(F)cc1)C1=C(O)CC(C2CCCSC2)CC1=O. The van der Waals surface area contributed by atoms with Crippen molar-refractivity contribution in [1.82, 2.24) is 0 Å². The molecule has 0 aromatic heterocycles. The molecule has 1 N–H and O–H groups in total. The van der Waals surface area contributed by atoms with E-state index in [0.29, 0.717) is 43.1 Å². The molecule has 4 nitrogen and oxygen atoms in total. The Bertz CT molecular complexity index is 784. The second-order valence-corrected chi connectivity index (χ2v) is 9.75. The minimum atomic E-state index is -0.219. The van der Waals surface area contributed by atoms with Crippen LogP contribution in [0, 0.1) is 17.7 Å². The third kappa shape index (κ3) is 7.09. The fraction of sp³-hybridized carbons (Fsp3) is 0.600. The molecule has 1 saturated heterocycles. The van der Waals surface area contributed by atoms with Crippen LogP contribution in [-0.4, -0.2) is 34.7 Å². The molecule has 2 atom stereocenters. The molecule has 31 heavy (non-hydrogen) atoms. The lowest BCUT2D eigenvalue weighted by Gasteiger charge is -2.32. The average Bonchev–Trinajstić information content (AvgIpc) is 2.77. The number of halogens is 1. The van der Waals surface area contributed by atoms with E-state index < -0.39 is 0 Å². The van der Waals surface area contributed by atoms with E-state index in [1.807, 2.05) is 18.7 Å².